The van der Waals surface area contributed by atoms with E-state index in [9.17, 15) is 9.59 Å². The molecule has 0 aliphatic carbocycles. The summed E-state index contributed by atoms with van der Waals surface area (Å²) in [6, 6.07) is 6.27. The number of nitrogens with one attached hydrogen (secondary N) is 1. The number of amides is 2. The van der Waals surface area contributed by atoms with Gasteiger partial charge in [0.15, 0.2) is 0 Å². The second-order valence-corrected chi connectivity index (χ2v) is 7.64. The van der Waals surface area contributed by atoms with E-state index in [1.807, 2.05) is 11.8 Å². The molecule has 1 aromatic rings. The van der Waals surface area contributed by atoms with Crippen molar-refractivity contribution in [3.63, 3.8) is 0 Å². The Morgan fingerprint density at radius 1 is 1.16 bits per heavy atom. The number of nitrogens with zero attached hydrogens (tertiary/aromatic N) is 1. The highest BCUT2D eigenvalue weighted by atomic mass is 16.2. The van der Waals surface area contributed by atoms with Gasteiger partial charge in [-0.1, -0.05) is 52.8 Å². The lowest BCUT2D eigenvalue weighted by atomic mass is 9.91. The molecule has 1 aliphatic rings. The minimum Gasteiger partial charge on any atom is -0.342 e. The quantitative estimate of drug-likeness (QED) is 0.854. The van der Waals surface area contributed by atoms with Crippen LogP contribution >= 0.6 is 0 Å². The zero-order valence-electron chi connectivity index (χ0n) is 16.3. The van der Waals surface area contributed by atoms with E-state index >= 15 is 0 Å². The lowest BCUT2D eigenvalue weighted by molar-refractivity contribution is -0.134. The molecule has 1 aromatic carbocycles. The lowest BCUT2D eigenvalue weighted by Gasteiger charge is -2.32. The van der Waals surface area contributed by atoms with Crippen LogP contribution in [0.4, 0.5) is 5.69 Å². The summed E-state index contributed by atoms with van der Waals surface area (Å²) < 4.78 is 0. The van der Waals surface area contributed by atoms with Gasteiger partial charge in [-0.05, 0) is 35.8 Å². The number of benzene rings is 1. The number of anilines is 1. The number of piperidine rings is 1. The second kappa shape index (κ2) is 8.50. The van der Waals surface area contributed by atoms with Crippen molar-refractivity contribution in [2.45, 2.75) is 65.7 Å². The molecule has 2 amide bonds. The van der Waals surface area contributed by atoms with Gasteiger partial charge >= 0.3 is 0 Å². The smallest absolute Gasteiger partial charge is 0.229 e. The van der Waals surface area contributed by atoms with Gasteiger partial charge in [0, 0.05) is 25.2 Å². The highest BCUT2D eigenvalue weighted by Crippen LogP contribution is 2.33. The Hall–Kier alpha value is -1.84. The predicted octanol–water partition coefficient (Wildman–Crippen LogP) is 4.52. The average Bonchev–Trinajstić information content (AvgIpc) is 2.60. The summed E-state index contributed by atoms with van der Waals surface area (Å²) in [7, 11) is 0. The van der Waals surface area contributed by atoms with Crippen LogP contribution in [-0.2, 0) is 9.59 Å². The first-order chi connectivity index (χ1) is 11.8. The van der Waals surface area contributed by atoms with Crippen molar-refractivity contribution in [3.05, 3.63) is 29.3 Å². The van der Waals surface area contributed by atoms with Crippen LogP contribution in [0.3, 0.4) is 0 Å². The first-order valence-corrected chi connectivity index (χ1v) is 9.56. The van der Waals surface area contributed by atoms with E-state index in [1.165, 1.54) is 11.1 Å². The Labute approximate surface area is 152 Å². The monoisotopic (exact) mass is 344 g/mol. The van der Waals surface area contributed by atoms with Crippen molar-refractivity contribution in [3.8, 4) is 0 Å². The minimum atomic E-state index is -0.121. The molecule has 1 heterocycles. The maximum absolute atomic E-state index is 12.9. The topological polar surface area (TPSA) is 49.4 Å². The molecule has 138 valence electrons. The van der Waals surface area contributed by atoms with Gasteiger partial charge in [0.2, 0.25) is 11.8 Å². The number of para-hydroxylation sites is 1. The molecule has 1 N–H and O–H groups in total. The van der Waals surface area contributed by atoms with Gasteiger partial charge in [0.1, 0.15) is 0 Å². The maximum atomic E-state index is 12.9. The van der Waals surface area contributed by atoms with Crippen molar-refractivity contribution in [2.24, 2.45) is 5.92 Å². The standard InChI is InChI=1S/C21H32N2O2/c1-6-19(24)23-12-8-9-16(13-23)21(25)22-20-17(14(2)3)10-7-11-18(20)15(4)5/h7,10-11,14-16H,6,8-9,12-13H2,1-5H3,(H,22,25). The van der Waals surface area contributed by atoms with Gasteiger partial charge in [-0.2, -0.15) is 0 Å². The number of carbonyl (C=O) groups excluding carboxylic acids is 2. The Balaban J connectivity index is 2.21. The average molecular weight is 344 g/mol. The molecule has 0 spiro atoms. The van der Waals surface area contributed by atoms with Crippen molar-refractivity contribution >= 4 is 17.5 Å². The molecule has 1 atom stereocenters. The summed E-state index contributed by atoms with van der Waals surface area (Å²) in [5, 5.41) is 3.21. The number of hydrogen-bond acceptors (Lipinski definition) is 2. The van der Waals surface area contributed by atoms with Gasteiger partial charge < -0.3 is 10.2 Å². The van der Waals surface area contributed by atoms with Crippen molar-refractivity contribution < 1.29 is 9.59 Å². The zero-order chi connectivity index (χ0) is 18.6. The van der Waals surface area contributed by atoms with Crippen LogP contribution in [0.5, 0.6) is 0 Å². The number of likely N-dealkylation sites (tertiary alicyclic amines) is 1. The summed E-state index contributed by atoms with van der Waals surface area (Å²) in [4.78, 5) is 26.7. The summed E-state index contributed by atoms with van der Waals surface area (Å²) in [6.07, 6.45) is 2.24. The fraction of sp³-hybridized carbons (Fsp3) is 0.619. The van der Waals surface area contributed by atoms with Gasteiger partial charge in [-0.25, -0.2) is 0 Å². The van der Waals surface area contributed by atoms with Crippen LogP contribution in [0, 0.1) is 5.92 Å². The summed E-state index contributed by atoms with van der Waals surface area (Å²) in [5.74, 6) is 0.757. The predicted molar refractivity (Wildman–Crippen MR) is 103 cm³/mol. The second-order valence-electron chi connectivity index (χ2n) is 7.64. The van der Waals surface area contributed by atoms with Gasteiger partial charge in [0.25, 0.3) is 0 Å². The Morgan fingerprint density at radius 2 is 1.76 bits per heavy atom. The van der Waals surface area contributed by atoms with E-state index in [0.29, 0.717) is 24.8 Å². The molecule has 0 bridgehead atoms. The molecular weight excluding hydrogens is 312 g/mol. The van der Waals surface area contributed by atoms with Gasteiger partial charge in [0.05, 0.1) is 5.92 Å². The maximum Gasteiger partial charge on any atom is 0.229 e. The number of carbonyl (C=O) groups is 2. The van der Waals surface area contributed by atoms with Gasteiger partial charge in [-0.3, -0.25) is 9.59 Å². The van der Waals surface area contributed by atoms with Crippen molar-refractivity contribution in [1.29, 1.82) is 0 Å². The Kier molecular flexibility index (Phi) is 6.63. The number of hydrogen-bond donors (Lipinski definition) is 1. The molecule has 1 aliphatic heterocycles. The molecular formula is C21H32N2O2. The van der Waals surface area contributed by atoms with Crippen LogP contribution in [0.15, 0.2) is 18.2 Å². The van der Waals surface area contributed by atoms with E-state index in [0.717, 1.165) is 25.1 Å². The lowest BCUT2D eigenvalue weighted by Crippen LogP contribution is -2.43. The Morgan fingerprint density at radius 3 is 2.28 bits per heavy atom. The van der Waals surface area contributed by atoms with Crippen LogP contribution in [0.25, 0.3) is 0 Å². The molecule has 25 heavy (non-hydrogen) atoms. The molecule has 0 saturated carbocycles. The summed E-state index contributed by atoms with van der Waals surface area (Å²) in [5.41, 5.74) is 3.32. The summed E-state index contributed by atoms with van der Waals surface area (Å²) in [6.45, 7) is 11.8. The highest BCUT2D eigenvalue weighted by molar-refractivity contribution is 5.95. The third-order valence-electron chi connectivity index (χ3n) is 5.07. The van der Waals surface area contributed by atoms with Crippen LogP contribution in [0.2, 0.25) is 0 Å². The molecule has 4 heteroatoms. The molecule has 1 fully saturated rings. The highest BCUT2D eigenvalue weighted by Gasteiger charge is 2.28. The van der Waals surface area contributed by atoms with Crippen molar-refractivity contribution in [1.82, 2.24) is 4.90 Å². The largest absolute Gasteiger partial charge is 0.342 e. The fourth-order valence-corrected chi connectivity index (χ4v) is 3.56. The van der Waals surface area contributed by atoms with E-state index < -0.39 is 0 Å². The first kappa shape index (κ1) is 19.5. The Bertz CT molecular complexity index is 596. The van der Waals surface area contributed by atoms with E-state index in [2.05, 4.69) is 51.2 Å². The normalized spacial score (nSPS) is 17.9. The molecule has 1 unspecified atom stereocenters. The van der Waals surface area contributed by atoms with Crippen LogP contribution in [-0.4, -0.2) is 29.8 Å². The summed E-state index contributed by atoms with van der Waals surface area (Å²) >= 11 is 0. The third-order valence-corrected chi connectivity index (χ3v) is 5.07. The molecule has 4 nitrogen and oxygen atoms in total. The third kappa shape index (κ3) is 4.62. The van der Waals surface area contributed by atoms with Crippen LogP contribution in [0.1, 0.15) is 76.8 Å². The van der Waals surface area contributed by atoms with Gasteiger partial charge in [-0.15, -0.1) is 0 Å². The zero-order valence-corrected chi connectivity index (χ0v) is 16.3. The number of rotatable bonds is 5. The fourth-order valence-electron chi connectivity index (χ4n) is 3.56. The first-order valence-electron chi connectivity index (χ1n) is 9.56. The SMILES string of the molecule is CCC(=O)N1CCCC(C(=O)Nc2c(C(C)C)cccc2C(C)C)C1. The molecule has 1 saturated heterocycles. The molecule has 2 rings (SSSR count). The van der Waals surface area contributed by atoms with Crippen LogP contribution < -0.4 is 5.32 Å². The van der Waals surface area contributed by atoms with Crippen molar-refractivity contribution in [2.75, 3.05) is 18.4 Å². The van der Waals surface area contributed by atoms with E-state index in [-0.39, 0.29) is 17.7 Å². The van der Waals surface area contributed by atoms with E-state index in [4.69, 9.17) is 0 Å². The molecule has 0 radical (unpaired) electrons. The minimum absolute atomic E-state index is 0.0450. The molecule has 0 aromatic heterocycles. The van der Waals surface area contributed by atoms with E-state index in [1.54, 1.807) is 0 Å².